The predicted octanol–water partition coefficient (Wildman–Crippen LogP) is 3.16. The summed E-state index contributed by atoms with van der Waals surface area (Å²) in [5.74, 6) is 0.0919. The van der Waals surface area contributed by atoms with Crippen molar-refractivity contribution in [2.45, 2.75) is 12.3 Å². The van der Waals surface area contributed by atoms with Gasteiger partial charge in [0.2, 0.25) is 5.91 Å². The van der Waals surface area contributed by atoms with Crippen molar-refractivity contribution in [1.29, 1.82) is 0 Å². The van der Waals surface area contributed by atoms with Gasteiger partial charge in [-0.2, -0.15) is 0 Å². The molecule has 0 aliphatic heterocycles. The molecule has 1 N–H and O–H groups in total. The van der Waals surface area contributed by atoms with E-state index in [0.29, 0.717) is 16.9 Å². The van der Waals surface area contributed by atoms with E-state index in [9.17, 15) is 14.0 Å². The van der Waals surface area contributed by atoms with Gasteiger partial charge in [-0.25, -0.2) is 9.18 Å². The molecule has 0 unspecified atom stereocenters. The zero-order valence-electron chi connectivity index (χ0n) is 13.3. The molecule has 4 nitrogen and oxygen atoms in total. The van der Waals surface area contributed by atoms with Crippen molar-refractivity contribution in [2.75, 3.05) is 12.9 Å². The number of amides is 1. The second kappa shape index (κ2) is 9.08. The molecule has 0 atom stereocenters. The Balaban J connectivity index is 1.72. The Morgan fingerprint density at radius 2 is 1.83 bits per heavy atom. The molecule has 2 aromatic rings. The number of carbonyl (C=O) groups excluding carboxylic acids is 2. The average Bonchev–Trinajstić information content (AvgIpc) is 2.61. The second-order valence-electron chi connectivity index (χ2n) is 5.05. The number of nitrogens with one attached hydrogen (secondary N) is 1. The average molecular weight is 347 g/mol. The van der Waals surface area contributed by atoms with Crippen LogP contribution in [0.15, 0.2) is 48.5 Å². The maximum Gasteiger partial charge on any atom is 0.337 e. The molecule has 1 amide bonds. The lowest BCUT2D eigenvalue weighted by Crippen LogP contribution is -2.25. The van der Waals surface area contributed by atoms with Crippen LogP contribution >= 0.6 is 11.8 Å². The first-order valence-corrected chi connectivity index (χ1v) is 8.50. The molecule has 6 heteroatoms. The Morgan fingerprint density at radius 1 is 1.12 bits per heavy atom. The topological polar surface area (TPSA) is 55.4 Å². The summed E-state index contributed by atoms with van der Waals surface area (Å²) in [6.45, 7) is 0.180. The quantitative estimate of drug-likeness (QED) is 0.782. The fourth-order valence-electron chi connectivity index (χ4n) is 2.00. The molecule has 24 heavy (non-hydrogen) atoms. The van der Waals surface area contributed by atoms with Crippen LogP contribution in [0.25, 0.3) is 0 Å². The first-order valence-electron chi connectivity index (χ1n) is 7.35. The SMILES string of the molecule is COC(=O)c1ccc(CSCC(=O)NCc2ccccc2F)cc1. The van der Waals surface area contributed by atoms with Crippen LogP contribution in [0.2, 0.25) is 0 Å². The lowest BCUT2D eigenvalue weighted by Gasteiger charge is -2.06. The summed E-state index contributed by atoms with van der Waals surface area (Å²) in [5, 5.41) is 2.70. The van der Waals surface area contributed by atoms with Gasteiger partial charge in [0.25, 0.3) is 0 Å². The van der Waals surface area contributed by atoms with Crippen LogP contribution in [0.1, 0.15) is 21.5 Å². The van der Waals surface area contributed by atoms with E-state index in [1.807, 2.05) is 12.1 Å². The molecule has 0 radical (unpaired) electrons. The molecule has 0 aromatic heterocycles. The number of benzene rings is 2. The van der Waals surface area contributed by atoms with Crippen molar-refractivity contribution in [1.82, 2.24) is 5.32 Å². The van der Waals surface area contributed by atoms with Gasteiger partial charge < -0.3 is 10.1 Å². The van der Waals surface area contributed by atoms with Crippen LogP contribution in [-0.2, 0) is 21.8 Å². The minimum atomic E-state index is -0.373. The highest BCUT2D eigenvalue weighted by atomic mass is 32.2. The Morgan fingerprint density at radius 3 is 2.50 bits per heavy atom. The van der Waals surface area contributed by atoms with Crippen molar-refractivity contribution < 1.29 is 18.7 Å². The zero-order valence-corrected chi connectivity index (χ0v) is 14.1. The van der Waals surface area contributed by atoms with Gasteiger partial charge in [0.15, 0.2) is 0 Å². The van der Waals surface area contributed by atoms with Gasteiger partial charge in [-0.1, -0.05) is 30.3 Å². The van der Waals surface area contributed by atoms with Crippen LogP contribution < -0.4 is 5.32 Å². The maximum absolute atomic E-state index is 13.4. The van der Waals surface area contributed by atoms with E-state index in [1.54, 1.807) is 30.3 Å². The Kier molecular flexibility index (Phi) is 6.81. The molecule has 0 bridgehead atoms. The fourth-order valence-corrected chi connectivity index (χ4v) is 2.82. The van der Waals surface area contributed by atoms with E-state index in [1.165, 1.54) is 24.9 Å². The zero-order chi connectivity index (χ0) is 17.4. The minimum Gasteiger partial charge on any atom is -0.465 e. The maximum atomic E-state index is 13.4. The molecule has 2 rings (SSSR count). The summed E-state index contributed by atoms with van der Waals surface area (Å²) in [5.41, 5.74) is 1.97. The van der Waals surface area contributed by atoms with E-state index in [0.717, 1.165) is 5.56 Å². The summed E-state index contributed by atoms with van der Waals surface area (Å²) in [6.07, 6.45) is 0. The molecule has 0 aliphatic carbocycles. The van der Waals surface area contributed by atoms with E-state index >= 15 is 0 Å². The Hall–Kier alpha value is -2.34. The fraction of sp³-hybridized carbons (Fsp3) is 0.222. The number of esters is 1. The highest BCUT2D eigenvalue weighted by Gasteiger charge is 2.06. The van der Waals surface area contributed by atoms with Gasteiger partial charge in [-0.05, 0) is 23.8 Å². The van der Waals surface area contributed by atoms with Gasteiger partial charge in [0, 0.05) is 17.9 Å². The summed E-state index contributed by atoms with van der Waals surface area (Å²) in [7, 11) is 1.34. The van der Waals surface area contributed by atoms with Crippen molar-refractivity contribution in [3.05, 3.63) is 71.0 Å². The molecule has 126 valence electrons. The molecule has 0 saturated heterocycles. The summed E-state index contributed by atoms with van der Waals surface area (Å²) in [4.78, 5) is 23.1. The van der Waals surface area contributed by atoms with Gasteiger partial charge in [0.1, 0.15) is 5.82 Å². The monoisotopic (exact) mass is 347 g/mol. The number of thioether (sulfide) groups is 1. The highest BCUT2D eigenvalue weighted by Crippen LogP contribution is 2.14. The van der Waals surface area contributed by atoms with Gasteiger partial charge in [-0.3, -0.25) is 4.79 Å². The number of halogens is 1. The van der Waals surface area contributed by atoms with Crippen LogP contribution in [0.4, 0.5) is 4.39 Å². The van der Waals surface area contributed by atoms with Gasteiger partial charge in [-0.15, -0.1) is 11.8 Å². The Bertz CT molecular complexity index is 704. The third-order valence-corrected chi connectivity index (χ3v) is 4.31. The molecular formula is C18H18FNO3S. The first kappa shape index (κ1) is 18.0. The number of hydrogen-bond donors (Lipinski definition) is 1. The highest BCUT2D eigenvalue weighted by molar-refractivity contribution is 7.99. The molecule has 2 aromatic carbocycles. The number of methoxy groups -OCH3 is 1. The van der Waals surface area contributed by atoms with Crippen molar-refractivity contribution in [3.8, 4) is 0 Å². The van der Waals surface area contributed by atoms with Gasteiger partial charge in [0.05, 0.1) is 18.4 Å². The third-order valence-electron chi connectivity index (χ3n) is 3.31. The van der Waals surface area contributed by atoms with Crippen molar-refractivity contribution >= 4 is 23.6 Å². The first-order chi connectivity index (χ1) is 11.6. The van der Waals surface area contributed by atoms with Crippen LogP contribution in [0, 0.1) is 5.82 Å². The van der Waals surface area contributed by atoms with E-state index in [2.05, 4.69) is 10.1 Å². The molecule has 0 spiro atoms. The summed E-state index contributed by atoms with van der Waals surface area (Å²) in [6, 6.07) is 13.4. The van der Waals surface area contributed by atoms with E-state index in [4.69, 9.17) is 0 Å². The van der Waals surface area contributed by atoms with Gasteiger partial charge >= 0.3 is 5.97 Å². The number of hydrogen-bond acceptors (Lipinski definition) is 4. The smallest absolute Gasteiger partial charge is 0.337 e. The van der Waals surface area contributed by atoms with Crippen molar-refractivity contribution in [3.63, 3.8) is 0 Å². The lowest BCUT2D eigenvalue weighted by atomic mass is 10.1. The predicted molar refractivity (Wildman–Crippen MR) is 92.2 cm³/mol. The molecule has 0 fully saturated rings. The largest absolute Gasteiger partial charge is 0.465 e. The van der Waals surface area contributed by atoms with Crippen LogP contribution in [-0.4, -0.2) is 24.7 Å². The lowest BCUT2D eigenvalue weighted by molar-refractivity contribution is -0.118. The molecule has 0 aliphatic rings. The molecule has 0 heterocycles. The number of ether oxygens (including phenoxy) is 1. The number of carbonyl (C=O) groups is 2. The van der Waals surface area contributed by atoms with Crippen LogP contribution in [0.5, 0.6) is 0 Å². The van der Waals surface area contributed by atoms with Crippen molar-refractivity contribution in [2.24, 2.45) is 0 Å². The summed E-state index contributed by atoms with van der Waals surface area (Å²) >= 11 is 1.45. The Labute approximate surface area is 144 Å². The normalized spacial score (nSPS) is 10.2. The molecular weight excluding hydrogens is 329 g/mol. The van der Waals surface area contributed by atoms with E-state index < -0.39 is 0 Å². The molecule has 0 saturated carbocycles. The minimum absolute atomic E-state index is 0.144. The van der Waals surface area contributed by atoms with E-state index in [-0.39, 0.29) is 30.0 Å². The van der Waals surface area contributed by atoms with Crippen LogP contribution in [0.3, 0.4) is 0 Å². The number of rotatable bonds is 7. The second-order valence-corrected chi connectivity index (χ2v) is 6.04. The summed E-state index contributed by atoms with van der Waals surface area (Å²) < 4.78 is 18.1. The third kappa shape index (κ3) is 5.38. The standard InChI is InChI=1S/C18H18FNO3S/c1-23-18(22)14-8-6-13(7-9-14)11-24-12-17(21)20-10-15-4-2-3-5-16(15)19/h2-9H,10-12H2,1H3,(H,20,21).